The molecule has 0 spiro atoms. The molecular formula is C67H80Cl4N24O2S4. The molecule has 0 radical (unpaired) electrons. The van der Waals surface area contributed by atoms with E-state index < -0.39 is 0 Å². The molecule has 101 heavy (non-hydrogen) atoms. The minimum atomic E-state index is 0.0269. The Balaban J connectivity index is 0.000000145. The van der Waals surface area contributed by atoms with Crippen molar-refractivity contribution in [3.63, 3.8) is 0 Å². The lowest BCUT2D eigenvalue weighted by Crippen LogP contribution is -2.38. The summed E-state index contributed by atoms with van der Waals surface area (Å²) in [5.74, 6) is 1.56. The van der Waals surface area contributed by atoms with Crippen molar-refractivity contribution in [1.82, 2.24) is 98.9 Å². The summed E-state index contributed by atoms with van der Waals surface area (Å²) < 4.78 is 13.7. The maximum absolute atomic E-state index is 9.17. The molecule has 1 saturated heterocycles. The Morgan fingerprint density at radius 2 is 0.743 bits per heavy atom. The van der Waals surface area contributed by atoms with Crippen LogP contribution in [0.2, 0.25) is 20.1 Å². The van der Waals surface area contributed by atoms with Crippen molar-refractivity contribution in [1.29, 1.82) is 0 Å². The predicted octanol–water partition coefficient (Wildman–Crippen LogP) is 11.6. The molecule has 1 unspecified atom stereocenters. The normalized spacial score (nSPS) is 12.8. The van der Waals surface area contributed by atoms with Crippen LogP contribution in [0.5, 0.6) is 0 Å². The molecule has 8 aromatic heterocycles. The van der Waals surface area contributed by atoms with Crippen molar-refractivity contribution in [2.24, 2.45) is 0 Å². The van der Waals surface area contributed by atoms with Crippen LogP contribution in [0, 0.1) is 27.7 Å². The lowest BCUT2D eigenvalue weighted by atomic mass is 10.2. The molecule has 13 rings (SSSR count). The van der Waals surface area contributed by atoms with Crippen molar-refractivity contribution < 1.29 is 9.84 Å². The number of nitrogen functional groups attached to an aromatic ring is 4. The van der Waals surface area contributed by atoms with Crippen LogP contribution in [-0.2, 0) is 30.9 Å². The Morgan fingerprint density at radius 3 is 1.03 bits per heavy atom. The van der Waals surface area contributed by atoms with Crippen LogP contribution in [0.3, 0.4) is 0 Å². The fourth-order valence-electron chi connectivity index (χ4n) is 10.4. The zero-order valence-electron chi connectivity index (χ0n) is 56.8. The number of anilines is 4. The Labute approximate surface area is 622 Å². The second kappa shape index (κ2) is 36.7. The highest BCUT2D eigenvalue weighted by molar-refractivity contribution is 8.00. The Kier molecular flexibility index (Phi) is 27.7. The van der Waals surface area contributed by atoms with Gasteiger partial charge in [-0.1, -0.05) is 107 Å². The number of benzene rings is 4. The molecule has 34 heteroatoms. The van der Waals surface area contributed by atoms with Gasteiger partial charge in [-0.3, -0.25) is 4.90 Å². The summed E-state index contributed by atoms with van der Waals surface area (Å²) in [7, 11) is 0. The minimum absolute atomic E-state index is 0.0269. The maximum Gasteiger partial charge on any atom is 0.175 e. The quantitative estimate of drug-likeness (QED) is 0.0261. The van der Waals surface area contributed by atoms with Gasteiger partial charge in [-0.05, 0) is 143 Å². The third kappa shape index (κ3) is 19.9. The van der Waals surface area contributed by atoms with Crippen molar-refractivity contribution in [2.75, 3.05) is 95.1 Å². The summed E-state index contributed by atoms with van der Waals surface area (Å²) in [5.41, 5.74) is 33.9. The average Bonchev–Trinajstić information content (AvgIpc) is 1.66. The molecule has 1 aliphatic rings. The molecule has 1 atom stereocenters. The Bertz CT molecular complexity index is 4640. The van der Waals surface area contributed by atoms with Crippen molar-refractivity contribution in [2.45, 2.75) is 121 Å². The number of hydrogen-bond acceptors (Lipinski definition) is 26. The minimum Gasteiger partial charge on any atom is -0.395 e. The molecule has 12 aromatic rings. The number of imidazole rings is 4. The topological polar surface area (TPSA) is 347 Å². The number of aryl methyl sites for hydroxylation is 4. The van der Waals surface area contributed by atoms with Crippen molar-refractivity contribution in [3.8, 4) is 0 Å². The number of nitrogens with two attached hydrogens (primary N) is 4. The van der Waals surface area contributed by atoms with Crippen molar-refractivity contribution in [3.05, 3.63) is 140 Å². The van der Waals surface area contributed by atoms with Gasteiger partial charge in [-0.15, -0.1) is 0 Å². The number of rotatable bonds is 24. The lowest BCUT2D eigenvalue weighted by molar-refractivity contribution is 0.0362. The monoisotopic (exact) mass is 1520 g/mol. The SMILES string of the molecule is CCNCCn1c(Sc2ccc(Cl)cc2C)nc2c(N)ncnc21.CCNCCn1c(Sc2ccc(Cl)cc2C)nc2c(N)ncnc21.Cc1cc(Cl)ccc1Sc1nc2c(N)ncnc2n1CCN1CCOCC1.Cc1cc(Cl)ccc1Sc1nc2c(N)ncnc2n1CCNC(C)CO. The number of nitrogens with zero attached hydrogens (tertiary/aromatic N) is 17. The number of nitrogens with one attached hydrogen (secondary N) is 3. The van der Waals surface area contributed by atoms with E-state index in [-0.39, 0.29) is 12.6 Å². The second-order valence-corrected chi connectivity index (χ2v) is 28.9. The third-order valence-electron chi connectivity index (χ3n) is 15.8. The van der Waals surface area contributed by atoms with Gasteiger partial charge in [0.1, 0.15) is 25.3 Å². The van der Waals surface area contributed by atoms with Crippen LogP contribution >= 0.6 is 93.5 Å². The molecule has 4 aromatic carbocycles. The van der Waals surface area contributed by atoms with Gasteiger partial charge >= 0.3 is 0 Å². The second-order valence-electron chi connectivity index (χ2n) is 23.2. The Morgan fingerprint density at radius 1 is 0.446 bits per heavy atom. The van der Waals surface area contributed by atoms with Gasteiger partial charge in [0.05, 0.1) is 19.8 Å². The van der Waals surface area contributed by atoms with E-state index in [1.165, 1.54) is 25.3 Å². The van der Waals surface area contributed by atoms with Gasteiger partial charge in [0, 0.05) is 111 Å². The first-order chi connectivity index (χ1) is 48.8. The fraction of sp³-hybridized carbons (Fsp3) is 0.343. The first kappa shape index (κ1) is 76.2. The molecule has 1 aliphatic heterocycles. The van der Waals surface area contributed by atoms with Crippen LogP contribution in [0.1, 0.15) is 43.0 Å². The number of aliphatic hydroxyl groups is 1. The number of hydrogen-bond donors (Lipinski definition) is 8. The standard InChI is InChI=1S/C18H21ClN6OS.C17H21ClN6OS.2C16H19ClN6S/c1-12-10-13(19)2-3-14(12)27-18-23-15-16(20)21-11-22-17(15)25(18)5-4-24-6-8-26-9-7-24;1-10-7-12(18)3-4-13(10)26-17-23-14-15(19)21-9-22-16(14)24(17)6-5-20-11(2)8-25;2*1-3-19-6-7-23-15-13(14(18)20-9-21-15)22-16(23)24-12-5-4-11(17)8-10(12)2/h2-3,10-11H,4-9H2,1H3,(H2,20,21,22);3-4,7,9,11,20,25H,5-6,8H2,1-2H3,(H2,19,21,22);2*4-5,8-9,19H,3,6-7H2,1-2H3,(H2,18,20,21). The molecule has 26 nitrogen and oxygen atoms in total. The molecule has 0 aliphatic carbocycles. The van der Waals surface area contributed by atoms with Gasteiger partial charge in [-0.2, -0.15) is 0 Å². The maximum atomic E-state index is 9.17. The van der Waals surface area contributed by atoms with Gasteiger partial charge in [0.2, 0.25) is 0 Å². The first-order valence-electron chi connectivity index (χ1n) is 32.5. The number of morpholine rings is 1. The zero-order chi connectivity index (χ0) is 71.7. The van der Waals surface area contributed by atoms with Crippen LogP contribution in [0.15, 0.2) is 138 Å². The van der Waals surface area contributed by atoms with E-state index in [0.29, 0.717) is 69.1 Å². The van der Waals surface area contributed by atoms with E-state index in [0.717, 1.165) is 173 Å². The average molecular weight is 1520 g/mol. The number of likely N-dealkylation sites (N-methyl/N-ethyl adjacent to an activating group) is 2. The van der Waals surface area contributed by atoms with Gasteiger partial charge < -0.3 is 67.0 Å². The van der Waals surface area contributed by atoms with E-state index in [1.54, 1.807) is 47.0 Å². The lowest BCUT2D eigenvalue weighted by Gasteiger charge is -2.26. The van der Waals surface area contributed by atoms with Gasteiger partial charge in [0.25, 0.3) is 0 Å². The number of halogens is 4. The highest BCUT2D eigenvalue weighted by atomic mass is 35.5. The highest BCUT2D eigenvalue weighted by Crippen LogP contribution is 2.38. The third-order valence-corrected chi connectivity index (χ3v) is 21.5. The summed E-state index contributed by atoms with van der Waals surface area (Å²) in [4.78, 5) is 59.2. The van der Waals surface area contributed by atoms with Crippen LogP contribution in [0.4, 0.5) is 23.3 Å². The molecule has 1 fully saturated rings. The molecular weight excluding hydrogens is 1440 g/mol. The summed E-state index contributed by atoms with van der Waals surface area (Å²) in [6.07, 6.45) is 5.89. The van der Waals surface area contributed by atoms with E-state index in [2.05, 4.69) is 103 Å². The van der Waals surface area contributed by atoms with E-state index in [1.807, 2.05) is 112 Å². The molecule has 0 saturated carbocycles. The van der Waals surface area contributed by atoms with Crippen LogP contribution < -0.4 is 38.9 Å². The summed E-state index contributed by atoms with van der Waals surface area (Å²) in [6, 6.07) is 23.3. The van der Waals surface area contributed by atoms with Gasteiger partial charge in [-0.25, -0.2) is 59.8 Å². The van der Waals surface area contributed by atoms with Crippen LogP contribution in [0.25, 0.3) is 44.7 Å². The van der Waals surface area contributed by atoms with E-state index in [9.17, 15) is 0 Å². The largest absolute Gasteiger partial charge is 0.395 e. The highest BCUT2D eigenvalue weighted by Gasteiger charge is 2.23. The van der Waals surface area contributed by atoms with Crippen molar-refractivity contribution >= 4 is 161 Å². The summed E-state index contributed by atoms with van der Waals surface area (Å²) >= 11 is 30.5. The number of aliphatic hydroxyl groups excluding tert-OH is 1. The summed E-state index contributed by atoms with van der Waals surface area (Å²) in [5, 5.41) is 25.3. The molecule has 0 amide bonds. The Hall–Kier alpha value is -7.40. The number of aromatic nitrogens is 16. The van der Waals surface area contributed by atoms with E-state index >= 15 is 0 Å². The predicted molar refractivity (Wildman–Crippen MR) is 409 cm³/mol. The van der Waals surface area contributed by atoms with E-state index in [4.69, 9.17) is 84.2 Å². The smallest absolute Gasteiger partial charge is 0.175 e. The van der Waals surface area contributed by atoms with Gasteiger partial charge in [0.15, 0.2) is 88.6 Å². The molecule has 12 N–H and O–H groups in total. The molecule has 9 heterocycles. The first-order valence-corrected chi connectivity index (χ1v) is 37.3. The molecule has 0 bridgehead atoms. The summed E-state index contributed by atoms with van der Waals surface area (Å²) in [6.45, 7) is 25.8. The molecule has 532 valence electrons. The van der Waals surface area contributed by atoms with Crippen LogP contribution in [-0.4, -0.2) is 166 Å². The zero-order valence-corrected chi connectivity index (χ0v) is 63.1. The fourth-order valence-corrected chi connectivity index (χ4v) is 15.3. The number of fused-ring (bicyclic) bond motifs is 4. The number of ether oxygens (including phenoxy) is 1.